The maximum Gasteiger partial charge on any atom is 0.249 e. The van der Waals surface area contributed by atoms with Crippen molar-refractivity contribution in [2.24, 2.45) is 0 Å². The highest BCUT2D eigenvalue weighted by Gasteiger charge is 2.33. The first-order valence-corrected chi connectivity index (χ1v) is 8.44. The lowest BCUT2D eigenvalue weighted by molar-refractivity contribution is -0.126. The van der Waals surface area contributed by atoms with Crippen LogP contribution in [0.25, 0.3) is 0 Å². The molecule has 0 spiro atoms. The smallest absolute Gasteiger partial charge is 0.249 e. The second-order valence-corrected chi connectivity index (χ2v) is 6.28. The molecule has 1 saturated heterocycles. The Bertz CT molecular complexity index is 779. The first kappa shape index (κ1) is 17.3. The van der Waals surface area contributed by atoms with E-state index in [4.69, 9.17) is 16.3 Å². The van der Waals surface area contributed by atoms with Crippen molar-refractivity contribution in [3.63, 3.8) is 0 Å². The lowest BCUT2D eigenvalue weighted by atomic mass is 10.1. The van der Waals surface area contributed by atoms with Crippen LogP contribution in [0.3, 0.4) is 0 Å². The van der Waals surface area contributed by atoms with Crippen LogP contribution in [0.1, 0.15) is 12.0 Å². The van der Waals surface area contributed by atoms with Crippen molar-refractivity contribution >= 4 is 29.1 Å². The Morgan fingerprint density at radius 3 is 2.72 bits per heavy atom. The average molecular weight is 359 g/mol. The Hall–Kier alpha value is -2.53. The summed E-state index contributed by atoms with van der Waals surface area (Å²) >= 11 is 6.17. The second-order valence-electron chi connectivity index (χ2n) is 5.87. The van der Waals surface area contributed by atoms with Crippen molar-refractivity contribution in [2.45, 2.75) is 18.9 Å². The second kappa shape index (κ2) is 7.57. The van der Waals surface area contributed by atoms with Gasteiger partial charge in [-0.15, -0.1) is 0 Å². The molecular formula is C19H19ClN2O3. The summed E-state index contributed by atoms with van der Waals surface area (Å²) in [6.07, 6.45) is 0.716. The molecule has 1 fully saturated rings. The molecule has 1 aliphatic rings. The Morgan fingerprint density at radius 2 is 2.04 bits per heavy atom. The van der Waals surface area contributed by atoms with E-state index >= 15 is 0 Å². The maximum atomic E-state index is 12.5. The van der Waals surface area contributed by atoms with Crippen LogP contribution in [-0.4, -0.2) is 31.5 Å². The van der Waals surface area contributed by atoms with E-state index in [-0.39, 0.29) is 18.2 Å². The molecule has 2 amide bonds. The topological polar surface area (TPSA) is 58.6 Å². The standard InChI is InChI=1S/C19H19ClN2O3/c1-25-15-8-7-13(16(20)12-15)11-18(23)21-17-9-10-22(19(17)24)14-5-3-2-4-6-14/h2-8,12,17H,9-11H2,1H3,(H,21,23). The summed E-state index contributed by atoms with van der Waals surface area (Å²) < 4.78 is 5.10. The molecule has 2 aromatic carbocycles. The highest BCUT2D eigenvalue weighted by molar-refractivity contribution is 6.31. The van der Waals surface area contributed by atoms with Gasteiger partial charge in [-0.1, -0.05) is 35.9 Å². The Morgan fingerprint density at radius 1 is 1.28 bits per heavy atom. The van der Waals surface area contributed by atoms with Crippen molar-refractivity contribution < 1.29 is 14.3 Å². The van der Waals surface area contributed by atoms with Crippen molar-refractivity contribution in [3.05, 3.63) is 59.1 Å². The molecule has 0 radical (unpaired) electrons. The van der Waals surface area contributed by atoms with E-state index in [1.165, 1.54) is 0 Å². The SMILES string of the molecule is COc1ccc(CC(=O)NC2CCN(c3ccccc3)C2=O)c(Cl)c1. The molecule has 3 rings (SSSR count). The van der Waals surface area contributed by atoms with Gasteiger partial charge in [0.2, 0.25) is 11.8 Å². The Labute approximate surface area is 151 Å². The number of carbonyl (C=O) groups is 2. The molecule has 130 valence electrons. The van der Waals surface area contributed by atoms with Gasteiger partial charge < -0.3 is 15.0 Å². The first-order chi connectivity index (χ1) is 12.1. The minimum atomic E-state index is -0.496. The van der Waals surface area contributed by atoms with Gasteiger partial charge in [0.25, 0.3) is 0 Å². The van der Waals surface area contributed by atoms with Gasteiger partial charge in [-0.05, 0) is 36.2 Å². The predicted molar refractivity (Wildman–Crippen MR) is 97.1 cm³/mol. The number of anilines is 1. The normalized spacial score (nSPS) is 16.8. The number of nitrogens with one attached hydrogen (secondary N) is 1. The zero-order chi connectivity index (χ0) is 17.8. The van der Waals surface area contributed by atoms with E-state index in [2.05, 4.69) is 5.32 Å². The van der Waals surface area contributed by atoms with E-state index in [0.29, 0.717) is 29.3 Å². The number of carbonyl (C=O) groups excluding carboxylic acids is 2. The summed E-state index contributed by atoms with van der Waals surface area (Å²) in [6, 6.07) is 14.1. The number of ether oxygens (including phenoxy) is 1. The van der Waals surface area contributed by atoms with Crippen molar-refractivity contribution in [1.82, 2.24) is 5.32 Å². The number of nitrogens with zero attached hydrogens (tertiary/aromatic N) is 1. The Balaban J connectivity index is 1.61. The van der Waals surface area contributed by atoms with Gasteiger partial charge in [0.05, 0.1) is 13.5 Å². The molecule has 0 saturated carbocycles. The molecule has 0 aromatic heterocycles. The van der Waals surface area contributed by atoms with Gasteiger partial charge >= 0.3 is 0 Å². The lowest BCUT2D eigenvalue weighted by Gasteiger charge is -2.17. The third kappa shape index (κ3) is 3.94. The van der Waals surface area contributed by atoms with Crippen LogP contribution in [0, 0.1) is 0 Å². The largest absolute Gasteiger partial charge is 0.497 e. The fourth-order valence-electron chi connectivity index (χ4n) is 2.89. The van der Waals surface area contributed by atoms with Crippen molar-refractivity contribution in [1.29, 1.82) is 0 Å². The van der Waals surface area contributed by atoms with Crippen LogP contribution in [-0.2, 0) is 16.0 Å². The quantitative estimate of drug-likeness (QED) is 0.894. The number of hydrogen-bond donors (Lipinski definition) is 1. The van der Waals surface area contributed by atoms with Gasteiger partial charge in [-0.2, -0.15) is 0 Å². The first-order valence-electron chi connectivity index (χ1n) is 8.06. The molecule has 6 heteroatoms. The van der Waals surface area contributed by atoms with E-state index in [0.717, 1.165) is 5.69 Å². The van der Waals surface area contributed by atoms with Gasteiger partial charge in [0.15, 0.2) is 0 Å². The number of para-hydroxylation sites is 1. The van der Waals surface area contributed by atoms with Crippen LogP contribution >= 0.6 is 11.6 Å². The van der Waals surface area contributed by atoms with E-state index in [1.54, 1.807) is 30.2 Å². The minimum Gasteiger partial charge on any atom is -0.497 e. The number of halogens is 1. The average Bonchev–Trinajstić information content (AvgIpc) is 2.98. The molecule has 5 nitrogen and oxygen atoms in total. The molecule has 0 bridgehead atoms. The molecule has 2 aromatic rings. The maximum absolute atomic E-state index is 12.5. The summed E-state index contributed by atoms with van der Waals surface area (Å²) in [4.78, 5) is 26.5. The molecular weight excluding hydrogens is 340 g/mol. The number of methoxy groups -OCH3 is 1. The molecule has 1 N–H and O–H groups in total. The third-order valence-corrected chi connectivity index (χ3v) is 4.57. The van der Waals surface area contributed by atoms with E-state index in [1.807, 2.05) is 30.3 Å². The van der Waals surface area contributed by atoms with Crippen LogP contribution in [0.2, 0.25) is 5.02 Å². The number of hydrogen-bond acceptors (Lipinski definition) is 3. The van der Waals surface area contributed by atoms with Gasteiger partial charge in [0, 0.05) is 17.3 Å². The molecule has 1 unspecified atom stereocenters. The van der Waals surface area contributed by atoms with Crippen LogP contribution in [0.15, 0.2) is 48.5 Å². The fraction of sp³-hybridized carbons (Fsp3) is 0.263. The van der Waals surface area contributed by atoms with Crippen LogP contribution in [0.5, 0.6) is 5.75 Å². The fourth-order valence-corrected chi connectivity index (χ4v) is 3.13. The highest BCUT2D eigenvalue weighted by atomic mass is 35.5. The van der Waals surface area contributed by atoms with E-state index < -0.39 is 6.04 Å². The monoisotopic (exact) mass is 358 g/mol. The predicted octanol–water partition coefficient (Wildman–Crippen LogP) is 2.81. The molecule has 25 heavy (non-hydrogen) atoms. The van der Waals surface area contributed by atoms with Crippen molar-refractivity contribution in [2.75, 3.05) is 18.6 Å². The third-order valence-electron chi connectivity index (χ3n) is 4.22. The van der Waals surface area contributed by atoms with Crippen LogP contribution < -0.4 is 15.0 Å². The zero-order valence-corrected chi connectivity index (χ0v) is 14.6. The zero-order valence-electron chi connectivity index (χ0n) is 13.9. The lowest BCUT2D eigenvalue weighted by Crippen LogP contribution is -2.42. The summed E-state index contributed by atoms with van der Waals surface area (Å²) in [5.41, 5.74) is 1.55. The van der Waals surface area contributed by atoms with Gasteiger partial charge in [-0.25, -0.2) is 0 Å². The van der Waals surface area contributed by atoms with E-state index in [9.17, 15) is 9.59 Å². The van der Waals surface area contributed by atoms with Gasteiger partial charge in [0.1, 0.15) is 11.8 Å². The number of amides is 2. The van der Waals surface area contributed by atoms with Gasteiger partial charge in [-0.3, -0.25) is 9.59 Å². The van der Waals surface area contributed by atoms with Crippen molar-refractivity contribution in [3.8, 4) is 5.75 Å². The van der Waals surface area contributed by atoms with Crippen LogP contribution in [0.4, 0.5) is 5.69 Å². The molecule has 1 atom stereocenters. The number of benzene rings is 2. The molecule has 0 aliphatic carbocycles. The summed E-state index contributed by atoms with van der Waals surface area (Å²) in [6.45, 7) is 0.594. The minimum absolute atomic E-state index is 0.0830. The number of rotatable bonds is 5. The summed E-state index contributed by atoms with van der Waals surface area (Å²) in [5, 5.41) is 3.28. The Kier molecular flexibility index (Phi) is 5.24. The molecule has 1 aliphatic heterocycles. The summed E-state index contributed by atoms with van der Waals surface area (Å²) in [5.74, 6) is 0.333. The molecule has 1 heterocycles. The highest BCUT2D eigenvalue weighted by Crippen LogP contribution is 2.24. The summed E-state index contributed by atoms with van der Waals surface area (Å²) in [7, 11) is 1.56.